The molecule has 158 valence electrons. The minimum absolute atomic E-state index is 0.115. The van der Waals surface area contributed by atoms with Gasteiger partial charge in [-0.25, -0.2) is 0 Å². The van der Waals surface area contributed by atoms with Crippen LogP contribution in [0.3, 0.4) is 0 Å². The number of rotatable bonds is 2. The van der Waals surface area contributed by atoms with Gasteiger partial charge < -0.3 is 0 Å². The van der Waals surface area contributed by atoms with Gasteiger partial charge in [0, 0.05) is 25.3 Å². The van der Waals surface area contributed by atoms with Gasteiger partial charge in [0.2, 0.25) is 0 Å². The van der Waals surface area contributed by atoms with Crippen molar-refractivity contribution in [3.05, 3.63) is 27.2 Å². The molecule has 1 atom stereocenters. The summed E-state index contributed by atoms with van der Waals surface area (Å²) in [6.07, 6.45) is 0.951. The summed E-state index contributed by atoms with van der Waals surface area (Å²) in [6.45, 7) is 10.9. The third-order valence-corrected chi connectivity index (χ3v) is 4.92. The summed E-state index contributed by atoms with van der Waals surface area (Å²) < 4.78 is 1.97. The minimum atomic E-state index is -5.42. The van der Waals surface area contributed by atoms with E-state index in [2.05, 4.69) is 34.6 Å². The van der Waals surface area contributed by atoms with Crippen LogP contribution in [0.25, 0.3) is 0 Å². The monoisotopic (exact) mass is 664 g/mol. The fourth-order valence-electron chi connectivity index (χ4n) is 2.76. The van der Waals surface area contributed by atoms with Gasteiger partial charge in [-0.05, 0) is 30.1 Å². The molecule has 0 bridgehead atoms. The van der Waals surface area contributed by atoms with Gasteiger partial charge in [0.05, 0.1) is 0 Å². The SMILES string of the molecule is CC(C)C1(C)CC(C)(C)[N+](c2c(Cl)cc(Cl)cc2Cl)=N1.[Cl][Sb-]([Cl])([Cl])([Cl])([Cl])[Cl]. The number of hydrogen-bond donors (Lipinski definition) is 0. The Morgan fingerprint density at radius 3 is 1.59 bits per heavy atom. The molecule has 0 amide bonds. The third kappa shape index (κ3) is 9.51. The summed E-state index contributed by atoms with van der Waals surface area (Å²) in [4.78, 5) is 0. The van der Waals surface area contributed by atoms with Crippen LogP contribution in [0, 0.1) is 5.92 Å². The van der Waals surface area contributed by atoms with E-state index in [1.54, 1.807) is 12.1 Å². The summed E-state index contributed by atoms with van der Waals surface area (Å²) in [7, 11) is 25.0. The maximum atomic E-state index is 6.34. The first-order chi connectivity index (χ1) is 11.5. The van der Waals surface area contributed by atoms with Crippen LogP contribution in [-0.4, -0.2) is 24.9 Å². The number of halogens is 9. The van der Waals surface area contributed by atoms with Crippen molar-refractivity contribution in [2.45, 2.75) is 52.1 Å². The fourth-order valence-corrected chi connectivity index (χ4v) is 3.74. The molecule has 2 nitrogen and oxygen atoms in total. The zero-order valence-corrected chi connectivity index (χ0v) is 24.5. The Bertz CT molecular complexity index is 735. The Hall–Kier alpha value is 2.25. The molecule has 1 aromatic carbocycles. The predicted molar refractivity (Wildman–Crippen MR) is 127 cm³/mol. The molecule has 1 unspecified atom stereocenters. The van der Waals surface area contributed by atoms with Crippen molar-refractivity contribution in [3.63, 3.8) is 0 Å². The molecule has 0 aliphatic carbocycles. The first kappa shape index (κ1) is 27.3. The van der Waals surface area contributed by atoms with Crippen LogP contribution in [0.15, 0.2) is 17.2 Å². The van der Waals surface area contributed by atoms with Gasteiger partial charge in [-0.3, -0.25) is 0 Å². The van der Waals surface area contributed by atoms with Crippen molar-refractivity contribution in [1.29, 1.82) is 0 Å². The number of nitrogens with zero attached hydrogens (tertiary/aromatic N) is 2. The molecule has 0 N–H and O–H groups in total. The second kappa shape index (κ2) is 7.99. The average molecular weight is 669 g/mol. The van der Waals surface area contributed by atoms with E-state index in [0.717, 1.165) is 12.1 Å². The number of benzene rings is 1. The molecule has 0 aromatic heterocycles. The summed E-state index contributed by atoms with van der Waals surface area (Å²) in [5, 5.41) is 6.52. The molecule has 0 spiro atoms. The Balaban J connectivity index is 0.000000445. The van der Waals surface area contributed by atoms with Crippen molar-refractivity contribution >= 4 is 103 Å². The van der Waals surface area contributed by atoms with E-state index < -0.39 is 9.14 Å². The van der Waals surface area contributed by atoms with E-state index in [9.17, 15) is 0 Å². The quantitative estimate of drug-likeness (QED) is 0.220. The zero-order chi connectivity index (χ0) is 21.7. The van der Waals surface area contributed by atoms with E-state index in [0.29, 0.717) is 21.0 Å². The first-order valence-electron chi connectivity index (χ1n) is 7.76. The van der Waals surface area contributed by atoms with E-state index in [4.69, 9.17) is 92.9 Å². The fraction of sp³-hybridized carbons (Fsp3) is 0.600. The van der Waals surface area contributed by atoms with E-state index in [1.807, 2.05) is 4.70 Å². The predicted octanol–water partition coefficient (Wildman–Crippen LogP) is 10.1. The average Bonchev–Trinajstić information content (AvgIpc) is 2.55. The number of azo groups is 2. The molecule has 1 heterocycles. The van der Waals surface area contributed by atoms with Crippen LogP contribution in [0.2, 0.25) is 15.1 Å². The Morgan fingerprint density at radius 2 is 1.30 bits per heavy atom. The molecule has 2 rings (SSSR count). The van der Waals surface area contributed by atoms with Crippen LogP contribution in [0.1, 0.15) is 41.0 Å². The molecule has 0 saturated heterocycles. The van der Waals surface area contributed by atoms with E-state index >= 15 is 0 Å². The first-order valence-corrected chi connectivity index (χ1v) is 28.3. The van der Waals surface area contributed by atoms with Crippen LogP contribution in [0.4, 0.5) is 5.69 Å². The molecule has 27 heavy (non-hydrogen) atoms. The second-order valence-corrected chi connectivity index (χ2v) is 65.7. The molecular formula is C15H20Cl9N2Sb. The van der Waals surface area contributed by atoms with Crippen LogP contribution in [0.5, 0.6) is 0 Å². The topological polar surface area (TPSA) is 15.4 Å². The third-order valence-electron chi connectivity index (χ3n) is 4.13. The summed E-state index contributed by atoms with van der Waals surface area (Å²) in [5.74, 6) is 0.441. The second-order valence-electron chi connectivity index (χ2n) is 7.59. The molecule has 1 aliphatic rings. The molecule has 0 saturated carbocycles. The van der Waals surface area contributed by atoms with Crippen LogP contribution in [-0.2, 0) is 0 Å². The van der Waals surface area contributed by atoms with Crippen molar-refractivity contribution in [2.75, 3.05) is 0 Å². The van der Waals surface area contributed by atoms with Gasteiger partial charge in [0.15, 0.2) is 5.54 Å². The Labute approximate surface area is 195 Å². The molecule has 1 aromatic rings. The molecule has 0 radical (unpaired) electrons. The zero-order valence-electron chi connectivity index (χ0n) is 15.2. The van der Waals surface area contributed by atoms with Gasteiger partial charge in [-0.15, -0.1) is 0 Å². The maximum absolute atomic E-state index is 6.34. The van der Waals surface area contributed by atoms with Crippen LogP contribution >= 0.6 is 87.8 Å². The van der Waals surface area contributed by atoms with E-state index in [1.165, 1.54) is 0 Å². The van der Waals surface area contributed by atoms with Crippen molar-refractivity contribution < 1.29 is 4.70 Å². The Morgan fingerprint density at radius 1 is 0.926 bits per heavy atom. The van der Waals surface area contributed by atoms with Crippen LogP contribution < -0.4 is 0 Å². The standard InChI is InChI=1S/C15H20Cl3N2.6ClH.Sb/c1-9(2)15(5)8-14(3,4)20(19-15)13-11(17)6-10(16)7-12(13)18;;;;;;;/h6-7,9H,8H2,1-5H3;6*1H;/q+1;;;;;;;+5/p-6. The van der Waals surface area contributed by atoms with Crippen molar-refractivity contribution in [2.24, 2.45) is 11.0 Å². The summed E-state index contributed by atoms with van der Waals surface area (Å²) in [6, 6.07) is 3.42. The van der Waals surface area contributed by atoms with Gasteiger partial charge in [-0.2, -0.15) is 0 Å². The molecular weight excluding hydrogens is 649 g/mol. The molecule has 1 aliphatic heterocycles. The van der Waals surface area contributed by atoms with Gasteiger partial charge >= 0.3 is 62.1 Å². The van der Waals surface area contributed by atoms with Crippen molar-refractivity contribution in [3.8, 4) is 0 Å². The normalized spacial score (nSPS) is 24.6. The summed E-state index contributed by atoms with van der Waals surface area (Å²) in [5.41, 5.74) is 0.489. The van der Waals surface area contributed by atoms with E-state index in [-0.39, 0.29) is 11.1 Å². The van der Waals surface area contributed by atoms with Gasteiger partial charge in [0.1, 0.15) is 15.6 Å². The molecule has 0 fully saturated rings. The Kier molecular flexibility index (Phi) is 8.07. The van der Waals surface area contributed by atoms with Gasteiger partial charge in [0.25, 0.3) is 5.69 Å². The molecule has 12 heteroatoms. The number of hydrogen-bond acceptors (Lipinski definition) is 1. The van der Waals surface area contributed by atoms with Crippen molar-refractivity contribution in [1.82, 2.24) is 0 Å². The van der Waals surface area contributed by atoms with Gasteiger partial charge in [-0.1, -0.05) is 53.3 Å². The summed E-state index contributed by atoms with van der Waals surface area (Å²) >= 11 is 18.7.